The van der Waals surface area contributed by atoms with Crippen LogP contribution in [0.1, 0.15) is 39.0 Å². The molecule has 1 aromatic rings. The average Bonchev–Trinajstić information content (AvgIpc) is 2.45. The standard InChI is InChI=1S/C15H23FN2O2S/c1-2-11-3-5-12(6-4-11)10-18-21(19,20)15-8-7-13(16)9-14(15)17/h7-9,11-12,18H,2-6,10,17H2,1H3. The Morgan fingerprint density at radius 3 is 2.43 bits per heavy atom. The van der Waals surface area contributed by atoms with Crippen LogP contribution in [-0.4, -0.2) is 15.0 Å². The minimum atomic E-state index is -3.67. The second-order valence-corrected chi connectivity index (χ2v) is 7.56. The summed E-state index contributed by atoms with van der Waals surface area (Å²) in [4.78, 5) is -0.0499. The third-order valence-corrected chi connectivity index (χ3v) is 5.86. The molecular weight excluding hydrogens is 291 g/mol. The maximum Gasteiger partial charge on any atom is 0.242 e. The summed E-state index contributed by atoms with van der Waals surface area (Å²) in [5.41, 5.74) is 5.54. The molecule has 1 aliphatic carbocycles. The molecule has 118 valence electrons. The lowest BCUT2D eigenvalue weighted by molar-refractivity contribution is 0.270. The monoisotopic (exact) mass is 314 g/mol. The van der Waals surface area contributed by atoms with E-state index in [-0.39, 0.29) is 10.6 Å². The first kappa shape index (κ1) is 16.2. The van der Waals surface area contributed by atoms with Gasteiger partial charge in [0.1, 0.15) is 10.7 Å². The molecule has 0 aromatic heterocycles. The quantitative estimate of drug-likeness (QED) is 0.821. The van der Waals surface area contributed by atoms with Gasteiger partial charge < -0.3 is 5.73 Å². The normalized spacial score (nSPS) is 23.1. The van der Waals surface area contributed by atoms with Crippen molar-refractivity contribution in [3.8, 4) is 0 Å². The predicted molar refractivity (Wildman–Crippen MR) is 81.7 cm³/mol. The van der Waals surface area contributed by atoms with Gasteiger partial charge in [-0.05, 0) is 42.9 Å². The number of nitrogen functional groups attached to an aromatic ring is 1. The second-order valence-electron chi connectivity index (χ2n) is 5.83. The molecule has 0 atom stereocenters. The lowest BCUT2D eigenvalue weighted by Crippen LogP contribution is -2.31. The van der Waals surface area contributed by atoms with Crippen molar-refractivity contribution in [2.24, 2.45) is 11.8 Å². The molecule has 3 N–H and O–H groups in total. The summed E-state index contributed by atoms with van der Waals surface area (Å²) >= 11 is 0. The summed E-state index contributed by atoms with van der Waals surface area (Å²) in [5, 5.41) is 0. The molecule has 21 heavy (non-hydrogen) atoms. The van der Waals surface area contributed by atoms with Crippen molar-refractivity contribution in [1.29, 1.82) is 0 Å². The van der Waals surface area contributed by atoms with Gasteiger partial charge in [-0.1, -0.05) is 26.2 Å². The zero-order chi connectivity index (χ0) is 15.5. The minimum Gasteiger partial charge on any atom is -0.398 e. The number of nitrogens with two attached hydrogens (primary N) is 1. The third-order valence-electron chi connectivity index (χ3n) is 4.37. The van der Waals surface area contributed by atoms with Gasteiger partial charge in [-0.2, -0.15) is 0 Å². The molecule has 0 aliphatic heterocycles. The molecule has 0 unspecified atom stereocenters. The van der Waals surface area contributed by atoms with Gasteiger partial charge in [-0.3, -0.25) is 0 Å². The average molecular weight is 314 g/mol. The number of hydrogen-bond donors (Lipinski definition) is 2. The lowest BCUT2D eigenvalue weighted by atomic mass is 9.81. The highest BCUT2D eigenvalue weighted by Crippen LogP contribution is 2.30. The zero-order valence-corrected chi connectivity index (χ0v) is 13.1. The fourth-order valence-corrected chi connectivity index (χ4v) is 4.14. The van der Waals surface area contributed by atoms with Crippen molar-refractivity contribution < 1.29 is 12.8 Å². The molecular formula is C15H23FN2O2S. The molecule has 1 aromatic carbocycles. The Labute approximate surface area is 126 Å². The summed E-state index contributed by atoms with van der Waals surface area (Å²) in [6, 6.07) is 3.35. The number of nitrogens with one attached hydrogen (secondary N) is 1. The Hall–Kier alpha value is -1.14. The Morgan fingerprint density at radius 1 is 1.24 bits per heavy atom. The smallest absolute Gasteiger partial charge is 0.242 e. The van der Waals surface area contributed by atoms with Gasteiger partial charge in [0.05, 0.1) is 5.69 Å². The van der Waals surface area contributed by atoms with Crippen molar-refractivity contribution >= 4 is 15.7 Å². The van der Waals surface area contributed by atoms with Crippen molar-refractivity contribution in [3.05, 3.63) is 24.0 Å². The SMILES string of the molecule is CCC1CCC(CNS(=O)(=O)c2ccc(F)cc2N)CC1. The summed E-state index contributed by atoms with van der Waals surface area (Å²) in [6.45, 7) is 2.63. The molecule has 0 radical (unpaired) electrons. The van der Waals surface area contributed by atoms with E-state index >= 15 is 0 Å². The van der Waals surface area contributed by atoms with Crippen LogP contribution in [0.5, 0.6) is 0 Å². The van der Waals surface area contributed by atoms with Crippen molar-refractivity contribution in [2.75, 3.05) is 12.3 Å². The van der Waals surface area contributed by atoms with Crippen LogP contribution in [0.25, 0.3) is 0 Å². The Balaban J connectivity index is 1.96. The number of hydrogen-bond acceptors (Lipinski definition) is 3. The van der Waals surface area contributed by atoms with E-state index in [1.165, 1.54) is 25.3 Å². The van der Waals surface area contributed by atoms with Crippen LogP contribution in [0.3, 0.4) is 0 Å². The number of rotatable bonds is 5. The molecule has 1 aliphatic rings. The van der Waals surface area contributed by atoms with Gasteiger partial charge in [0.15, 0.2) is 0 Å². The van der Waals surface area contributed by atoms with Crippen molar-refractivity contribution in [3.63, 3.8) is 0 Å². The summed E-state index contributed by atoms with van der Waals surface area (Å²) in [6.07, 6.45) is 5.65. The molecule has 0 spiro atoms. The predicted octanol–water partition coefficient (Wildman–Crippen LogP) is 2.90. The molecule has 2 rings (SSSR count). The fourth-order valence-electron chi connectivity index (χ4n) is 2.91. The van der Waals surface area contributed by atoms with Gasteiger partial charge in [-0.25, -0.2) is 17.5 Å². The molecule has 0 amide bonds. The van der Waals surface area contributed by atoms with Crippen LogP contribution >= 0.6 is 0 Å². The van der Waals surface area contributed by atoms with E-state index in [9.17, 15) is 12.8 Å². The van der Waals surface area contributed by atoms with E-state index in [4.69, 9.17) is 5.73 Å². The topological polar surface area (TPSA) is 72.2 Å². The fraction of sp³-hybridized carbons (Fsp3) is 0.600. The molecule has 0 bridgehead atoms. The summed E-state index contributed by atoms with van der Waals surface area (Å²) < 4.78 is 40.0. The highest BCUT2D eigenvalue weighted by Gasteiger charge is 2.23. The number of benzene rings is 1. The molecule has 1 saturated carbocycles. The minimum absolute atomic E-state index is 0.0499. The summed E-state index contributed by atoms with van der Waals surface area (Å²) in [7, 11) is -3.67. The van der Waals surface area contributed by atoms with Crippen molar-refractivity contribution in [1.82, 2.24) is 4.72 Å². The first-order chi connectivity index (χ1) is 9.92. The molecule has 1 fully saturated rings. The highest BCUT2D eigenvalue weighted by atomic mass is 32.2. The molecule has 6 heteroatoms. The van der Waals surface area contributed by atoms with Crippen LogP contribution in [0.4, 0.5) is 10.1 Å². The highest BCUT2D eigenvalue weighted by molar-refractivity contribution is 7.89. The van der Waals surface area contributed by atoms with Gasteiger partial charge in [0, 0.05) is 6.54 Å². The summed E-state index contributed by atoms with van der Waals surface area (Å²) in [5.74, 6) is 0.624. The van der Waals surface area contributed by atoms with E-state index in [1.54, 1.807) is 0 Å². The number of anilines is 1. The lowest BCUT2D eigenvalue weighted by Gasteiger charge is -2.27. The van der Waals surface area contributed by atoms with Crippen LogP contribution in [0.15, 0.2) is 23.1 Å². The van der Waals surface area contributed by atoms with E-state index in [0.717, 1.165) is 30.9 Å². The first-order valence-corrected chi connectivity index (χ1v) is 8.95. The van der Waals surface area contributed by atoms with Gasteiger partial charge in [-0.15, -0.1) is 0 Å². The maximum atomic E-state index is 13.0. The Kier molecular flexibility index (Phi) is 5.22. The second kappa shape index (κ2) is 6.75. The van der Waals surface area contributed by atoms with Crippen LogP contribution in [0.2, 0.25) is 0 Å². The number of sulfonamides is 1. The van der Waals surface area contributed by atoms with E-state index in [2.05, 4.69) is 11.6 Å². The largest absolute Gasteiger partial charge is 0.398 e. The Bertz CT molecular complexity index is 581. The number of halogens is 1. The van der Waals surface area contributed by atoms with Crippen molar-refractivity contribution in [2.45, 2.75) is 43.9 Å². The molecule has 0 heterocycles. The van der Waals surface area contributed by atoms with Gasteiger partial charge in [0.25, 0.3) is 0 Å². The van der Waals surface area contributed by atoms with Crippen LogP contribution in [-0.2, 0) is 10.0 Å². The van der Waals surface area contributed by atoms with E-state index in [0.29, 0.717) is 12.5 Å². The maximum absolute atomic E-state index is 13.0. The third kappa shape index (κ3) is 4.17. The van der Waals surface area contributed by atoms with Crippen LogP contribution in [0, 0.1) is 17.7 Å². The van der Waals surface area contributed by atoms with Gasteiger partial charge >= 0.3 is 0 Å². The van der Waals surface area contributed by atoms with E-state index < -0.39 is 15.8 Å². The Morgan fingerprint density at radius 2 is 1.86 bits per heavy atom. The first-order valence-electron chi connectivity index (χ1n) is 7.47. The zero-order valence-electron chi connectivity index (χ0n) is 12.3. The van der Waals surface area contributed by atoms with E-state index in [1.807, 2.05) is 0 Å². The molecule has 4 nitrogen and oxygen atoms in total. The van der Waals surface area contributed by atoms with Gasteiger partial charge in [0.2, 0.25) is 10.0 Å². The molecule has 0 saturated heterocycles. The van der Waals surface area contributed by atoms with Crippen LogP contribution < -0.4 is 10.5 Å².